The van der Waals surface area contributed by atoms with E-state index in [2.05, 4.69) is 23.8 Å². The lowest BCUT2D eigenvalue weighted by molar-refractivity contribution is 0.475. The maximum Gasteiger partial charge on any atom is 0.159 e. The van der Waals surface area contributed by atoms with Crippen LogP contribution in [-0.2, 0) is 6.42 Å². The van der Waals surface area contributed by atoms with Crippen molar-refractivity contribution < 1.29 is 5.11 Å². The lowest BCUT2D eigenvalue weighted by atomic mass is 10.00. The Balaban J connectivity index is 1.78. The van der Waals surface area contributed by atoms with Gasteiger partial charge in [-0.2, -0.15) is 0 Å². The van der Waals surface area contributed by atoms with Crippen molar-refractivity contribution in [3.63, 3.8) is 0 Å². The van der Waals surface area contributed by atoms with E-state index < -0.39 is 0 Å². The standard InChI is InChI=1S/C19H26N2O/c1-3-15(2)7-5-4-6-8-16-13-20-19(21-14-16)17-9-11-18(22)12-10-17/h9-15,22H,3-8H2,1-2H3. The van der Waals surface area contributed by atoms with Crippen LogP contribution >= 0.6 is 0 Å². The molecule has 0 spiro atoms. The minimum absolute atomic E-state index is 0.262. The third-order valence-corrected chi connectivity index (χ3v) is 4.19. The molecular weight excluding hydrogens is 272 g/mol. The van der Waals surface area contributed by atoms with Gasteiger partial charge in [-0.1, -0.05) is 39.5 Å². The van der Waals surface area contributed by atoms with E-state index in [0.717, 1.165) is 17.9 Å². The zero-order chi connectivity index (χ0) is 15.8. The van der Waals surface area contributed by atoms with Crippen LogP contribution in [0, 0.1) is 5.92 Å². The summed E-state index contributed by atoms with van der Waals surface area (Å²) >= 11 is 0. The quantitative estimate of drug-likeness (QED) is 0.698. The highest BCUT2D eigenvalue weighted by atomic mass is 16.3. The summed E-state index contributed by atoms with van der Waals surface area (Å²) in [6.45, 7) is 4.59. The number of unbranched alkanes of at least 4 members (excludes halogenated alkanes) is 2. The smallest absolute Gasteiger partial charge is 0.159 e. The predicted molar refractivity (Wildman–Crippen MR) is 90.8 cm³/mol. The minimum Gasteiger partial charge on any atom is -0.508 e. The topological polar surface area (TPSA) is 46.0 Å². The number of aromatic hydroxyl groups is 1. The highest BCUT2D eigenvalue weighted by Crippen LogP contribution is 2.18. The fourth-order valence-electron chi connectivity index (χ4n) is 2.45. The molecule has 22 heavy (non-hydrogen) atoms. The predicted octanol–water partition coefficient (Wildman–Crippen LogP) is 5.00. The molecule has 0 saturated heterocycles. The fraction of sp³-hybridized carbons (Fsp3) is 0.474. The van der Waals surface area contributed by atoms with Gasteiger partial charge in [0.15, 0.2) is 5.82 Å². The number of aryl methyl sites for hydroxylation is 1. The molecule has 0 fully saturated rings. The van der Waals surface area contributed by atoms with Gasteiger partial charge in [0.25, 0.3) is 0 Å². The molecule has 3 nitrogen and oxygen atoms in total. The third kappa shape index (κ3) is 5.14. The van der Waals surface area contributed by atoms with Gasteiger partial charge in [-0.05, 0) is 48.6 Å². The molecule has 118 valence electrons. The molecule has 0 amide bonds. The summed E-state index contributed by atoms with van der Waals surface area (Å²) in [5, 5.41) is 9.30. The maximum atomic E-state index is 9.30. The molecule has 1 atom stereocenters. The largest absolute Gasteiger partial charge is 0.508 e. The van der Waals surface area contributed by atoms with Crippen LogP contribution < -0.4 is 0 Å². The van der Waals surface area contributed by atoms with E-state index in [1.807, 2.05) is 24.5 Å². The van der Waals surface area contributed by atoms with Crippen LogP contribution in [0.25, 0.3) is 11.4 Å². The number of phenols is 1. The molecule has 0 aliphatic rings. The van der Waals surface area contributed by atoms with E-state index in [9.17, 15) is 5.11 Å². The molecule has 1 aromatic heterocycles. The fourth-order valence-corrected chi connectivity index (χ4v) is 2.45. The second kappa shape index (κ2) is 8.52. The van der Waals surface area contributed by atoms with E-state index >= 15 is 0 Å². The lowest BCUT2D eigenvalue weighted by Gasteiger charge is -2.07. The van der Waals surface area contributed by atoms with Crippen molar-refractivity contribution in [2.24, 2.45) is 5.92 Å². The Morgan fingerprint density at radius 1 is 1.00 bits per heavy atom. The maximum absolute atomic E-state index is 9.30. The summed E-state index contributed by atoms with van der Waals surface area (Å²) in [4.78, 5) is 8.85. The van der Waals surface area contributed by atoms with Gasteiger partial charge >= 0.3 is 0 Å². The Kier molecular flexibility index (Phi) is 6.38. The average molecular weight is 298 g/mol. The second-order valence-corrected chi connectivity index (χ2v) is 6.07. The zero-order valence-electron chi connectivity index (χ0n) is 13.6. The molecular formula is C19H26N2O. The number of benzene rings is 1. The van der Waals surface area contributed by atoms with E-state index in [0.29, 0.717) is 5.82 Å². The van der Waals surface area contributed by atoms with Crippen LogP contribution in [0.2, 0.25) is 0 Å². The normalized spacial score (nSPS) is 12.3. The molecule has 0 aliphatic heterocycles. The molecule has 2 aromatic rings. The highest BCUT2D eigenvalue weighted by Gasteiger charge is 2.02. The number of rotatable bonds is 8. The second-order valence-electron chi connectivity index (χ2n) is 6.07. The first-order chi connectivity index (χ1) is 10.7. The van der Waals surface area contributed by atoms with Crippen molar-refractivity contribution in [1.29, 1.82) is 0 Å². The number of nitrogens with zero attached hydrogens (tertiary/aromatic N) is 2. The Morgan fingerprint density at radius 2 is 1.68 bits per heavy atom. The summed E-state index contributed by atoms with van der Waals surface area (Å²) < 4.78 is 0. The van der Waals surface area contributed by atoms with Gasteiger partial charge in [0, 0.05) is 18.0 Å². The van der Waals surface area contributed by atoms with Gasteiger partial charge in [0.2, 0.25) is 0 Å². The molecule has 1 aromatic carbocycles. The Hall–Kier alpha value is -1.90. The van der Waals surface area contributed by atoms with Crippen LogP contribution in [0.1, 0.15) is 51.5 Å². The minimum atomic E-state index is 0.262. The van der Waals surface area contributed by atoms with Crippen LogP contribution in [0.4, 0.5) is 0 Å². The Labute approximate surface area is 133 Å². The molecule has 2 rings (SSSR count). The SMILES string of the molecule is CCC(C)CCCCCc1cnc(-c2ccc(O)cc2)nc1. The molecule has 0 aliphatic carbocycles. The number of phenolic OH excluding ortho intramolecular Hbond substituents is 1. The van der Waals surface area contributed by atoms with E-state index in [1.165, 1.54) is 37.7 Å². The van der Waals surface area contributed by atoms with Crippen LogP contribution in [0.15, 0.2) is 36.7 Å². The average Bonchev–Trinajstić information content (AvgIpc) is 2.55. The molecule has 0 bridgehead atoms. The van der Waals surface area contributed by atoms with Crippen molar-refractivity contribution >= 4 is 0 Å². The van der Waals surface area contributed by atoms with Crippen molar-refractivity contribution in [1.82, 2.24) is 9.97 Å². The molecule has 1 unspecified atom stereocenters. The molecule has 3 heteroatoms. The monoisotopic (exact) mass is 298 g/mol. The lowest BCUT2D eigenvalue weighted by Crippen LogP contribution is -1.94. The van der Waals surface area contributed by atoms with Gasteiger partial charge in [0.05, 0.1) is 0 Å². The van der Waals surface area contributed by atoms with Crippen molar-refractivity contribution in [2.75, 3.05) is 0 Å². The first-order valence-electron chi connectivity index (χ1n) is 8.29. The number of hydrogen-bond acceptors (Lipinski definition) is 3. The molecule has 1 N–H and O–H groups in total. The van der Waals surface area contributed by atoms with Crippen LogP contribution in [0.3, 0.4) is 0 Å². The number of hydrogen-bond donors (Lipinski definition) is 1. The van der Waals surface area contributed by atoms with Gasteiger partial charge in [-0.15, -0.1) is 0 Å². The van der Waals surface area contributed by atoms with E-state index in [1.54, 1.807) is 12.1 Å². The summed E-state index contributed by atoms with van der Waals surface area (Å²) in [5.41, 5.74) is 2.13. The van der Waals surface area contributed by atoms with E-state index in [-0.39, 0.29) is 5.75 Å². The zero-order valence-corrected chi connectivity index (χ0v) is 13.6. The Morgan fingerprint density at radius 3 is 2.32 bits per heavy atom. The van der Waals surface area contributed by atoms with Crippen molar-refractivity contribution in [3.05, 3.63) is 42.2 Å². The van der Waals surface area contributed by atoms with Gasteiger partial charge in [-0.3, -0.25) is 0 Å². The first-order valence-corrected chi connectivity index (χ1v) is 8.29. The summed E-state index contributed by atoms with van der Waals surface area (Å²) in [6.07, 6.45) is 11.3. The van der Waals surface area contributed by atoms with Gasteiger partial charge in [-0.25, -0.2) is 9.97 Å². The van der Waals surface area contributed by atoms with Crippen molar-refractivity contribution in [3.8, 4) is 17.1 Å². The summed E-state index contributed by atoms with van der Waals surface area (Å²) in [6, 6.07) is 6.98. The van der Waals surface area contributed by atoms with Gasteiger partial charge in [0.1, 0.15) is 5.75 Å². The third-order valence-electron chi connectivity index (χ3n) is 4.19. The van der Waals surface area contributed by atoms with Crippen LogP contribution in [-0.4, -0.2) is 15.1 Å². The van der Waals surface area contributed by atoms with E-state index in [4.69, 9.17) is 0 Å². The van der Waals surface area contributed by atoms with Crippen LogP contribution in [0.5, 0.6) is 5.75 Å². The molecule has 0 radical (unpaired) electrons. The van der Waals surface area contributed by atoms with Gasteiger partial charge < -0.3 is 5.11 Å². The molecule has 1 heterocycles. The summed E-state index contributed by atoms with van der Waals surface area (Å²) in [5.74, 6) is 1.83. The first kappa shape index (κ1) is 16.5. The number of aromatic nitrogens is 2. The van der Waals surface area contributed by atoms with Crippen molar-refractivity contribution in [2.45, 2.75) is 52.4 Å². The Bertz CT molecular complexity index is 549. The molecule has 0 saturated carbocycles. The highest BCUT2D eigenvalue weighted by molar-refractivity contribution is 5.55. The summed E-state index contributed by atoms with van der Waals surface area (Å²) in [7, 11) is 0.